The summed E-state index contributed by atoms with van der Waals surface area (Å²) < 4.78 is 10.3. The molecule has 0 heterocycles. The number of halogens is 1. The van der Waals surface area contributed by atoms with Gasteiger partial charge in [-0.05, 0) is 44.9 Å². The summed E-state index contributed by atoms with van der Waals surface area (Å²) in [5.74, 6) is 0.0520. The fourth-order valence-corrected chi connectivity index (χ4v) is 1.80. The molecule has 0 bridgehead atoms. The van der Waals surface area contributed by atoms with Gasteiger partial charge in [-0.2, -0.15) is 0 Å². The van der Waals surface area contributed by atoms with Crippen LogP contribution in [-0.2, 0) is 4.74 Å². The van der Waals surface area contributed by atoms with Crippen LogP contribution in [0.4, 0.5) is 4.79 Å². The van der Waals surface area contributed by atoms with Crippen LogP contribution in [0.25, 0.3) is 0 Å². The summed E-state index contributed by atoms with van der Waals surface area (Å²) in [7, 11) is 0. The summed E-state index contributed by atoms with van der Waals surface area (Å²) in [4.78, 5) is 11.5. The molecule has 0 aromatic heterocycles. The number of hydrogen-bond acceptors (Lipinski definition) is 4. The first-order valence-electron chi connectivity index (χ1n) is 6.10. The summed E-state index contributed by atoms with van der Waals surface area (Å²) >= 11 is 2.30. The average molecular weight is 378 g/mol. The average Bonchev–Trinajstić information content (AvgIpc) is 2.28. The first-order chi connectivity index (χ1) is 8.73. The lowest BCUT2D eigenvalue weighted by Crippen LogP contribution is -2.26. The molecule has 0 radical (unpaired) electrons. The number of benzene rings is 1. The molecule has 1 aromatic carbocycles. The van der Waals surface area contributed by atoms with Crippen molar-refractivity contribution in [1.29, 1.82) is 0 Å². The summed E-state index contributed by atoms with van der Waals surface area (Å²) in [5, 5.41) is 9.85. The number of alkyl halides is 1. The van der Waals surface area contributed by atoms with Crippen LogP contribution in [0.1, 0.15) is 43.6 Å². The third-order valence-electron chi connectivity index (χ3n) is 2.29. The molecule has 0 saturated carbocycles. The number of aromatic hydroxyl groups is 1. The van der Waals surface area contributed by atoms with E-state index in [4.69, 9.17) is 9.47 Å². The van der Waals surface area contributed by atoms with Crippen molar-refractivity contribution < 1.29 is 19.4 Å². The van der Waals surface area contributed by atoms with Gasteiger partial charge in [0.1, 0.15) is 5.60 Å². The SMILES string of the molecule is CCC(I)c1ccc(OC(=O)OC(C)(C)C)c(O)c1. The Morgan fingerprint density at radius 3 is 2.53 bits per heavy atom. The van der Waals surface area contributed by atoms with Crippen molar-refractivity contribution in [2.24, 2.45) is 0 Å². The van der Waals surface area contributed by atoms with Crippen LogP contribution < -0.4 is 4.74 Å². The van der Waals surface area contributed by atoms with Gasteiger partial charge >= 0.3 is 6.16 Å². The fraction of sp³-hybridized carbons (Fsp3) is 0.500. The van der Waals surface area contributed by atoms with Gasteiger partial charge in [-0.25, -0.2) is 4.79 Å². The van der Waals surface area contributed by atoms with E-state index in [2.05, 4.69) is 29.5 Å². The lowest BCUT2D eigenvalue weighted by atomic mass is 10.1. The van der Waals surface area contributed by atoms with E-state index in [1.807, 2.05) is 6.07 Å². The molecule has 0 aliphatic carbocycles. The lowest BCUT2D eigenvalue weighted by Gasteiger charge is -2.19. The third kappa shape index (κ3) is 5.26. The van der Waals surface area contributed by atoms with Crippen molar-refractivity contribution in [3.05, 3.63) is 23.8 Å². The highest BCUT2D eigenvalue weighted by molar-refractivity contribution is 14.1. The Kier molecular flexibility index (Phi) is 5.46. The highest BCUT2D eigenvalue weighted by atomic mass is 127. The van der Waals surface area contributed by atoms with E-state index in [9.17, 15) is 9.90 Å². The first kappa shape index (κ1) is 16.1. The van der Waals surface area contributed by atoms with Gasteiger partial charge in [-0.1, -0.05) is 35.6 Å². The normalized spacial score (nSPS) is 12.9. The van der Waals surface area contributed by atoms with E-state index in [1.165, 1.54) is 0 Å². The molecule has 19 heavy (non-hydrogen) atoms. The molecule has 1 unspecified atom stereocenters. The first-order valence-corrected chi connectivity index (χ1v) is 7.35. The molecule has 1 N–H and O–H groups in total. The Morgan fingerprint density at radius 2 is 2.05 bits per heavy atom. The molecule has 0 fully saturated rings. The molecule has 1 atom stereocenters. The Hall–Kier alpha value is -0.980. The summed E-state index contributed by atoms with van der Waals surface area (Å²) in [5.41, 5.74) is 0.374. The van der Waals surface area contributed by atoms with Crippen LogP contribution in [0.15, 0.2) is 18.2 Å². The molecular weight excluding hydrogens is 359 g/mol. The number of carbonyl (C=O) groups excluding carboxylic acids is 1. The van der Waals surface area contributed by atoms with Gasteiger partial charge < -0.3 is 14.6 Å². The summed E-state index contributed by atoms with van der Waals surface area (Å²) in [6, 6.07) is 5.02. The number of carbonyl (C=O) groups is 1. The predicted molar refractivity (Wildman–Crippen MR) is 82.0 cm³/mol. The van der Waals surface area contributed by atoms with E-state index in [1.54, 1.807) is 32.9 Å². The van der Waals surface area contributed by atoms with Crippen molar-refractivity contribution in [2.75, 3.05) is 0 Å². The van der Waals surface area contributed by atoms with Crippen molar-refractivity contribution in [3.63, 3.8) is 0 Å². The van der Waals surface area contributed by atoms with E-state index in [0.29, 0.717) is 3.92 Å². The minimum atomic E-state index is -0.822. The number of hydrogen-bond donors (Lipinski definition) is 1. The number of phenolic OH excluding ortho intramolecular Hbond substituents is 1. The van der Waals surface area contributed by atoms with Crippen molar-refractivity contribution in [2.45, 2.75) is 43.6 Å². The van der Waals surface area contributed by atoms with E-state index < -0.39 is 11.8 Å². The Morgan fingerprint density at radius 1 is 1.42 bits per heavy atom. The van der Waals surface area contributed by atoms with Crippen molar-refractivity contribution >= 4 is 28.7 Å². The quantitative estimate of drug-likeness (QED) is 0.362. The molecule has 5 heteroatoms. The second kappa shape index (κ2) is 6.45. The largest absolute Gasteiger partial charge is 0.514 e. The van der Waals surface area contributed by atoms with Crippen molar-refractivity contribution in [3.8, 4) is 11.5 Å². The smallest absolute Gasteiger partial charge is 0.504 e. The van der Waals surface area contributed by atoms with Gasteiger partial charge in [0.15, 0.2) is 11.5 Å². The van der Waals surface area contributed by atoms with Crippen LogP contribution >= 0.6 is 22.6 Å². The molecule has 4 nitrogen and oxygen atoms in total. The second-order valence-electron chi connectivity index (χ2n) is 5.17. The maximum Gasteiger partial charge on any atom is 0.514 e. The van der Waals surface area contributed by atoms with E-state index in [-0.39, 0.29) is 11.5 Å². The zero-order valence-corrected chi connectivity index (χ0v) is 13.7. The van der Waals surface area contributed by atoms with E-state index in [0.717, 1.165) is 12.0 Å². The number of ether oxygens (including phenoxy) is 2. The minimum Gasteiger partial charge on any atom is -0.504 e. The summed E-state index contributed by atoms with van der Waals surface area (Å²) in [6.45, 7) is 7.32. The number of rotatable bonds is 3. The third-order valence-corrected chi connectivity index (χ3v) is 3.89. The maximum atomic E-state index is 11.5. The highest BCUT2D eigenvalue weighted by Crippen LogP contribution is 2.34. The molecule has 0 amide bonds. The molecule has 0 saturated heterocycles. The van der Waals surface area contributed by atoms with E-state index >= 15 is 0 Å². The standard InChI is InChI=1S/C14H19IO4/c1-5-10(15)9-6-7-12(11(16)8-9)18-13(17)19-14(2,3)4/h6-8,10,16H,5H2,1-4H3. The molecule has 0 aliphatic rings. The molecular formula is C14H19IO4. The van der Waals surface area contributed by atoms with Crippen LogP contribution in [0.3, 0.4) is 0 Å². The molecule has 1 aromatic rings. The maximum absolute atomic E-state index is 11.5. The number of phenols is 1. The lowest BCUT2D eigenvalue weighted by molar-refractivity contribution is 0.0200. The van der Waals surface area contributed by atoms with Gasteiger partial charge in [0.25, 0.3) is 0 Å². The second-order valence-corrected chi connectivity index (χ2v) is 6.67. The Labute approximate surface area is 127 Å². The minimum absolute atomic E-state index is 0.0570. The highest BCUT2D eigenvalue weighted by Gasteiger charge is 2.19. The molecule has 1 rings (SSSR count). The Bertz CT molecular complexity index is 451. The molecule has 0 aliphatic heterocycles. The fourth-order valence-electron chi connectivity index (χ4n) is 1.41. The summed E-state index contributed by atoms with van der Waals surface area (Å²) in [6.07, 6.45) is 0.142. The van der Waals surface area contributed by atoms with Gasteiger partial charge in [-0.15, -0.1) is 0 Å². The Balaban J connectivity index is 2.78. The van der Waals surface area contributed by atoms with Crippen LogP contribution in [-0.4, -0.2) is 16.9 Å². The van der Waals surface area contributed by atoms with Gasteiger partial charge in [0, 0.05) is 3.92 Å². The van der Waals surface area contributed by atoms with Gasteiger partial charge in [0.2, 0.25) is 0 Å². The van der Waals surface area contributed by atoms with Crippen LogP contribution in [0.5, 0.6) is 11.5 Å². The van der Waals surface area contributed by atoms with Crippen molar-refractivity contribution in [1.82, 2.24) is 0 Å². The van der Waals surface area contributed by atoms with Crippen LogP contribution in [0.2, 0.25) is 0 Å². The molecule has 106 valence electrons. The predicted octanol–water partition coefficient (Wildman–Crippen LogP) is 4.59. The monoisotopic (exact) mass is 378 g/mol. The van der Waals surface area contributed by atoms with Gasteiger partial charge in [-0.3, -0.25) is 0 Å². The van der Waals surface area contributed by atoms with Gasteiger partial charge in [0.05, 0.1) is 0 Å². The topological polar surface area (TPSA) is 55.8 Å². The van der Waals surface area contributed by atoms with Crippen LogP contribution in [0, 0.1) is 0 Å². The molecule has 0 spiro atoms. The zero-order chi connectivity index (χ0) is 14.6. The zero-order valence-electron chi connectivity index (χ0n) is 11.6.